The number of hydrogen-bond donors (Lipinski definition) is 2. The van der Waals surface area contributed by atoms with Gasteiger partial charge in [0.2, 0.25) is 5.82 Å². The van der Waals surface area contributed by atoms with Crippen LogP contribution < -0.4 is 5.32 Å². The molecule has 1 aliphatic rings. The van der Waals surface area contributed by atoms with Crippen molar-refractivity contribution in [1.29, 1.82) is 0 Å². The number of sulfone groups is 1. The highest BCUT2D eigenvalue weighted by Gasteiger charge is 2.21. The van der Waals surface area contributed by atoms with Crippen LogP contribution in [0.15, 0.2) is 47.4 Å². The van der Waals surface area contributed by atoms with Crippen LogP contribution in [-0.2, 0) is 16.4 Å². The Labute approximate surface area is 176 Å². The van der Waals surface area contributed by atoms with Gasteiger partial charge in [0.05, 0.1) is 4.90 Å². The lowest BCUT2D eigenvalue weighted by Crippen LogP contribution is -2.29. The number of nitrogens with one attached hydrogen (secondary N) is 2. The molecule has 0 aliphatic carbocycles. The maximum atomic E-state index is 12.3. The lowest BCUT2D eigenvalue weighted by molar-refractivity contribution is 0.335. The molecule has 0 radical (unpaired) electrons. The average Bonchev–Trinajstić information content (AvgIpc) is 3.45. The molecule has 2 aromatic carbocycles. The van der Waals surface area contributed by atoms with Crippen LogP contribution in [0.5, 0.6) is 0 Å². The summed E-state index contributed by atoms with van der Waals surface area (Å²) < 4.78 is 24.7. The first-order valence-corrected chi connectivity index (χ1v) is 12.0. The molecule has 3 aromatic rings. The third kappa shape index (κ3) is 4.75. The molecule has 2 N–H and O–H groups in total. The average molecular weight is 427 g/mol. The third-order valence-corrected chi connectivity index (χ3v) is 6.53. The number of aromatic nitrogens is 4. The largest absolute Gasteiger partial charge is 0.311 e. The van der Waals surface area contributed by atoms with E-state index in [0.717, 1.165) is 30.8 Å². The Balaban J connectivity index is 1.52. The zero-order valence-corrected chi connectivity index (χ0v) is 17.8. The number of hydrogen-bond acceptors (Lipinski definition) is 7. The van der Waals surface area contributed by atoms with Gasteiger partial charge >= 0.3 is 0 Å². The van der Waals surface area contributed by atoms with Crippen molar-refractivity contribution in [3.05, 3.63) is 48.0 Å². The monoisotopic (exact) mass is 426 g/mol. The number of tetrazole rings is 1. The van der Waals surface area contributed by atoms with Crippen LogP contribution in [0.4, 0.5) is 0 Å². The normalized spacial score (nSPS) is 15.0. The summed E-state index contributed by atoms with van der Waals surface area (Å²) in [6.45, 7) is 5.29. The summed E-state index contributed by atoms with van der Waals surface area (Å²) in [6, 6.07) is 13.3. The quantitative estimate of drug-likeness (QED) is 0.532. The molecule has 0 atom stereocenters. The Kier molecular flexibility index (Phi) is 6.21. The minimum atomic E-state index is -3.46. The highest BCUT2D eigenvalue weighted by atomic mass is 32.2. The van der Waals surface area contributed by atoms with E-state index in [4.69, 9.17) is 0 Å². The van der Waals surface area contributed by atoms with E-state index in [1.54, 1.807) is 12.1 Å². The molecule has 30 heavy (non-hydrogen) atoms. The van der Waals surface area contributed by atoms with Crippen molar-refractivity contribution in [2.24, 2.45) is 0 Å². The summed E-state index contributed by atoms with van der Waals surface area (Å²) in [5, 5.41) is 17.5. The SMILES string of the molecule is CS(=O)(=O)c1cccc(-c2ccc(CNCCN3CCCC3)cc2)c1-c1nn[nH]n1. The second-order valence-corrected chi connectivity index (χ2v) is 9.59. The molecule has 158 valence electrons. The van der Waals surface area contributed by atoms with Crippen LogP contribution >= 0.6 is 0 Å². The molecular weight excluding hydrogens is 400 g/mol. The van der Waals surface area contributed by atoms with Gasteiger partial charge in [-0.05, 0) is 53.9 Å². The second-order valence-electron chi connectivity index (χ2n) is 7.61. The molecule has 0 unspecified atom stereocenters. The first-order chi connectivity index (χ1) is 14.5. The van der Waals surface area contributed by atoms with E-state index in [1.807, 2.05) is 18.2 Å². The lowest BCUT2D eigenvalue weighted by atomic mass is 9.98. The predicted octanol–water partition coefficient (Wildman–Crippen LogP) is 2.12. The highest BCUT2D eigenvalue weighted by molar-refractivity contribution is 7.90. The summed E-state index contributed by atoms with van der Waals surface area (Å²) in [7, 11) is -3.46. The number of H-pyrrole nitrogens is 1. The van der Waals surface area contributed by atoms with E-state index in [1.165, 1.54) is 37.8 Å². The fraction of sp³-hybridized carbons (Fsp3) is 0.381. The van der Waals surface area contributed by atoms with Crippen molar-refractivity contribution in [2.45, 2.75) is 24.3 Å². The zero-order chi connectivity index (χ0) is 21.0. The van der Waals surface area contributed by atoms with Crippen LogP contribution in [0.1, 0.15) is 18.4 Å². The summed E-state index contributed by atoms with van der Waals surface area (Å²) in [5.74, 6) is 0.263. The standard InChI is InChI=1S/C21H26N6O2S/c1-30(28,29)19-6-4-5-18(20(19)21-23-25-26-24-21)17-9-7-16(8-10-17)15-22-11-14-27-12-2-3-13-27/h4-10,22H,2-3,11-15H2,1H3,(H,23,24,25,26). The minimum Gasteiger partial charge on any atom is -0.311 e. The second kappa shape index (κ2) is 9.03. The molecule has 0 saturated carbocycles. The topological polar surface area (TPSA) is 104 Å². The number of likely N-dealkylation sites (tertiary alicyclic amines) is 1. The van der Waals surface area contributed by atoms with Crippen molar-refractivity contribution < 1.29 is 8.42 Å². The van der Waals surface area contributed by atoms with E-state index in [-0.39, 0.29) is 10.7 Å². The first kappa shape index (κ1) is 20.6. The minimum absolute atomic E-state index is 0.189. The fourth-order valence-corrected chi connectivity index (χ4v) is 4.76. The van der Waals surface area contributed by atoms with Crippen LogP contribution in [0.2, 0.25) is 0 Å². The van der Waals surface area contributed by atoms with Crippen LogP contribution in [0.25, 0.3) is 22.5 Å². The van der Waals surface area contributed by atoms with Gasteiger partial charge in [-0.1, -0.05) is 36.4 Å². The number of aromatic amines is 1. The van der Waals surface area contributed by atoms with Crippen LogP contribution in [0.3, 0.4) is 0 Å². The molecule has 8 nitrogen and oxygen atoms in total. The van der Waals surface area contributed by atoms with E-state index in [2.05, 4.69) is 43.0 Å². The molecule has 0 spiro atoms. The Bertz CT molecular complexity index is 1080. The molecule has 2 heterocycles. The fourth-order valence-electron chi connectivity index (χ4n) is 3.86. The van der Waals surface area contributed by atoms with Gasteiger partial charge in [-0.25, -0.2) is 8.42 Å². The van der Waals surface area contributed by atoms with Gasteiger partial charge in [-0.2, -0.15) is 5.21 Å². The predicted molar refractivity (Wildman–Crippen MR) is 116 cm³/mol. The third-order valence-electron chi connectivity index (χ3n) is 5.39. The van der Waals surface area contributed by atoms with Crippen LogP contribution in [-0.4, -0.2) is 66.4 Å². The Morgan fingerprint density at radius 2 is 1.87 bits per heavy atom. The van der Waals surface area contributed by atoms with Gasteiger partial charge in [-0.3, -0.25) is 0 Å². The number of benzene rings is 2. The van der Waals surface area contributed by atoms with Crippen molar-refractivity contribution in [3.63, 3.8) is 0 Å². The smallest absolute Gasteiger partial charge is 0.206 e. The Morgan fingerprint density at radius 3 is 2.53 bits per heavy atom. The summed E-state index contributed by atoms with van der Waals surface area (Å²) in [5.41, 5.74) is 3.31. The number of nitrogens with zero attached hydrogens (tertiary/aromatic N) is 4. The van der Waals surface area contributed by atoms with Gasteiger partial charge in [0.15, 0.2) is 9.84 Å². The van der Waals surface area contributed by atoms with Crippen molar-refractivity contribution in [1.82, 2.24) is 30.8 Å². The van der Waals surface area contributed by atoms with Crippen LogP contribution in [0, 0.1) is 0 Å². The number of rotatable bonds is 8. The van der Waals surface area contributed by atoms with Gasteiger partial charge in [0.25, 0.3) is 0 Å². The van der Waals surface area contributed by atoms with Gasteiger partial charge in [0.1, 0.15) is 0 Å². The molecule has 0 amide bonds. The maximum absolute atomic E-state index is 12.3. The molecule has 1 aromatic heterocycles. The lowest BCUT2D eigenvalue weighted by Gasteiger charge is -2.15. The Morgan fingerprint density at radius 1 is 1.10 bits per heavy atom. The molecule has 1 saturated heterocycles. The van der Waals surface area contributed by atoms with E-state index in [9.17, 15) is 8.42 Å². The van der Waals surface area contributed by atoms with Crippen molar-refractivity contribution in [2.75, 3.05) is 32.4 Å². The zero-order valence-electron chi connectivity index (χ0n) is 17.0. The summed E-state index contributed by atoms with van der Waals surface area (Å²) in [4.78, 5) is 2.68. The van der Waals surface area contributed by atoms with Gasteiger partial charge in [0, 0.05) is 31.5 Å². The van der Waals surface area contributed by atoms with Crippen molar-refractivity contribution in [3.8, 4) is 22.5 Å². The van der Waals surface area contributed by atoms with E-state index in [0.29, 0.717) is 5.56 Å². The highest BCUT2D eigenvalue weighted by Crippen LogP contribution is 2.35. The van der Waals surface area contributed by atoms with Gasteiger partial charge in [-0.15, -0.1) is 10.2 Å². The van der Waals surface area contributed by atoms with Crippen molar-refractivity contribution >= 4 is 9.84 Å². The molecule has 1 fully saturated rings. The summed E-state index contributed by atoms with van der Waals surface area (Å²) in [6.07, 6.45) is 3.81. The molecule has 0 bridgehead atoms. The van der Waals surface area contributed by atoms with E-state index >= 15 is 0 Å². The molecule has 9 heteroatoms. The first-order valence-electron chi connectivity index (χ1n) is 10.1. The summed E-state index contributed by atoms with van der Waals surface area (Å²) >= 11 is 0. The maximum Gasteiger partial charge on any atom is 0.206 e. The molecular formula is C21H26N6O2S. The Hall–Kier alpha value is -2.62. The molecule has 1 aliphatic heterocycles. The van der Waals surface area contributed by atoms with E-state index < -0.39 is 9.84 Å². The van der Waals surface area contributed by atoms with Gasteiger partial charge < -0.3 is 10.2 Å². The molecule has 4 rings (SSSR count).